The van der Waals surface area contributed by atoms with Gasteiger partial charge in [0, 0.05) is 25.0 Å². The number of ether oxygens (including phenoxy) is 1. The molecule has 0 radical (unpaired) electrons. The molecule has 4 bridgehead atoms. The summed E-state index contributed by atoms with van der Waals surface area (Å²) in [4.78, 5) is 20.4. The number of nitrogens with zero attached hydrogens (tertiary/aromatic N) is 2. The molecule has 6 fully saturated rings. The molecule has 6 heteroatoms. The van der Waals surface area contributed by atoms with E-state index in [1.807, 2.05) is 12.1 Å². The van der Waals surface area contributed by atoms with Gasteiger partial charge >= 0.3 is 0 Å². The first-order valence-electron chi connectivity index (χ1n) is 11.0. The molecule has 0 aromatic carbocycles. The zero-order chi connectivity index (χ0) is 18.9. The van der Waals surface area contributed by atoms with E-state index < -0.39 is 5.60 Å². The number of rotatable bonds is 4. The Kier molecular flexibility index (Phi) is 3.79. The fraction of sp³-hybridized carbons (Fsp3) is 0.727. The fourth-order valence-electron chi connectivity index (χ4n) is 6.50. The maximum absolute atomic E-state index is 13.2. The summed E-state index contributed by atoms with van der Waals surface area (Å²) in [6.45, 7) is 3.19. The van der Waals surface area contributed by atoms with Crippen LogP contribution in [0.5, 0.6) is 0 Å². The molecule has 5 atom stereocenters. The van der Waals surface area contributed by atoms with Crippen LogP contribution in [0, 0.1) is 17.8 Å². The third-order valence-corrected chi connectivity index (χ3v) is 7.83. The van der Waals surface area contributed by atoms with Crippen LogP contribution in [-0.4, -0.2) is 53.9 Å². The minimum absolute atomic E-state index is 0.0379. The van der Waals surface area contributed by atoms with Crippen LogP contribution in [0.3, 0.4) is 0 Å². The number of aliphatic hydroxyl groups is 1. The number of hydrogen-bond donors (Lipinski definition) is 2. The molecule has 2 heterocycles. The number of aromatic nitrogens is 1. The highest BCUT2D eigenvalue weighted by Crippen LogP contribution is 2.60. The molecule has 0 spiro atoms. The molecule has 1 saturated heterocycles. The van der Waals surface area contributed by atoms with E-state index in [1.54, 1.807) is 0 Å². The van der Waals surface area contributed by atoms with Gasteiger partial charge in [-0.05, 0) is 68.4 Å². The monoisotopic (exact) mass is 383 g/mol. The second-order valence-corrected chi connectivity index (χ2v) is 9.73. The summed E-state index contributed by atoms with van der Waals surface area (Å²) in [5, 5.41) is 14.0. The van der Waals surface area contributed by atoms with Gasteiger partial charge < -0.3 is 20.1 Å². The van der Waals surface area contributed by atoms with Gasteiger partial charge in [0.15, 0.2) is 0 Å². The van der Waals surface area contributed by atoms with Gasteiger partial charge in [0.1, 0.15) is 5.82 Å². The quantitative estimate of drug-likeness (QED) is 0.833. The van der Waals surface area contributed by atoms with E-state index in [-0.39, 0.29) is 11.9 Å². The van der Waals surface area contributed by atoms with Crippen molar-refractivity contribution in [3.8, 4) is 0 Å². The molecule has 1 aromatic rings. The number of morpholine rings is 1. The third-order valence-electron chi connectivity index (χ3n) is 7.83. The molecule has 1 aliphatic heterocycles. The number of carbonyl (C=O) groups is 1. The lowest BCUT2D eigenvalue weighted by Gasteiger charge is -2.38. The first kappa shape index (κ1) is 17.2. The predicted molar refractivity (Wildman–Crippen MR) is 104 cm³/mol. The lowest BCUT2D eigenvalue weighted by atomic mass is 9.76. The van der Waals surface area contributed by atoms with Crippen molar-refractivity contribution in [1.82, 2.24) is 10.3 Å². The first-order chi connectivity index (χ1) is 13.6. The molecule has 1 aromatic heterocycles. The Morgan fingerprint density at radius 2 is 1.96 bits per heavy atom. The number of amides is 1. The molecule has 5 aliphatic carbocycles. The van der Waals surface area contributed by atoms with Gasteiger partial charge in [-0.3, -0.25) is 4.79 Å². The normalized spacial score (nSPS) is 38.8. The molecule has 150 valence electrons. The van der Waals surface area contributed by atoms with Crippen LogP contribution < -0.4 is 10.2 Å². The maximum Gasteiger partial charge on any atom is 0.253 e. The second-order valence-electron chi connectivity index (χ2n) is 9.73. The van der Waals surface area contributed by atoms with Crippen LogP contribution >= 0.6 is 0 Å². The van der Waals surface area contributed by atoms with Gasteiger partial charge in [0.25, 0.3) is 5.91 Å². The summed E-state index contributed by atoms with van der Waals surface area (Å²) in [5.41, 5.74) is 1.29. The number of pyridine rings is 1. The van der Waals surface area contributed by atoms with Gasteiger partial charge in [-0.2, -0.15) is 0 Å². The van der Waals surface area contributed by atoms with E-state index in [0.717, 1.165) is 75.5 Å². The Morgan fingerprint density at radius 1 is 1.18 bits per heavy atom. The van der Waals surface area contributed by atoms with Crippen molar-refractivity contribution < 1.29 is 14.6 Å². The first-order valence-corrected chi connectivity index (χ1v) is 11.0. The van der Waals surface area contributed by atoms with Crippen LogP contribution in [-0.2, 0) is 4.74 Å². The number of carbonyl (C=O) groups excluding carboxylic acids is 1. The average Bonchev–Trinajstić information content (AvgIpc) is 3.48. The summed E-state index contributed by atoms with van der Waals surface area (Å²) >= 11 is 0. The maximum atomic E-state index is 13.2. The SMILES string of the molecule is O=C(N[C@@H]1[C@@H]2CC3C[C@@](O)(C2)C[C@H]31)c1ccc(N2CCOCC2)nc1C1CC1. The van der Waals surface area contributed by atoms with E-state index in [0.29, 0.717) is 23.7 Å². The van der Waals surface area contributed by atoms with Crippen LogP contribution in [0.4, 0.5) is 5.82 Å². The topological polar surface area (TPSA) is 74.7 Å². The van der Waals surface area contributed by atoms with E-state index in [9.17, 15) is 9.90 Å². The zero-order valence-electron chi connectivity index (χ0n) is 16.3. The molecule has 5 saturated carbocycles. The largest absolute Gasteiger partial charge is 0.390 e. The summed E-state index contributed by atoms with van der Waals surface area (Å²) in [5.74, 6) is 2.93. The fourth-order valence-corrected chi connectivity index (χ4v) is 6.50. The standard InChI is InChI=1S/C22H29N3O3/c26-21(24-20-15-9-14-10-22(27,11-15)12-17(14)20)16-3-4-18(23-19(16)13-1-2-13)25-5-7-28-8-6-25/h3-4,13-15,17,20,27H,1-2,5-12H2,(H,24,26)/t14?,15-,17-,20-,22-/m1/s1. The molecule has 7 rings (SSSR count). The van der Waals surface area contributed by atoms with E-state index >= 15 is 0 Å². The Hall–Kier alpha value is -1.66. The molecular formula is C22H29N3O3. The second kappa shape index (κ2) is 6.17. The third kappa shape index (κ3) is 2.76. The van der Waals surface area contributed by atoms with Crippen LogP contribution in [0.1, 0.15) is 60.5 Å². The molecule has 6 aliphatic rings. The molecule has 1 amide bonds. The van der Waals surface area contributed by atoms with Crippen molar-refractivity contribution in [1.29, 1.82) is 0 Å². The van der Waals surface area contributed by atoms with Crippen LogP contribution in [0.2, 0.25) is 0 Å². The summed E-state index contributed by atoms with van der Waals surface area (Å²) in [6, 6.07) is 4.21. The van der Waals surface area contributed by atoms with Crippen molar-refractivity contribution in [3.05, 3.63) is 23.4 Å². The summed E-state index contributed by atoms with van der Waals surface area (Å²) < 4.78 is 5.45. The molecular weight excluding hydrogens is 354 g/mol. The lowest BCUT2D eigenvalue weighted by molar-refractivity contribution is -0.0192. The van der Waals surface area contributed by atoms with Crippen molar-refractivity contribution >= 4 is 11.7 Å². The lowest BCUT2D eigenvalue weighted by Crippen LogP contribution is -2.48. The Labute approximate surface area is 165 Å². The van der Waals surface area contributed by atoms with E-state index in [1.165, 1.54) is 6.42 Å². The van der Waals surface area contributed by atoms with Crippen molar-refractivity contribution in [2.75, 3.05) is 31.2 Å². The Morgan fingerprint density at radius 3 is 2.71 bits per heavy atom. The Bertz CT molecular complexity index is 800. The van der Waals surface area contributed by atoms with Gasteiger partial charge in [0.05, 0.1) is 30.1 Å². The Balaban J connectivity index is 1.23. The van der Waals surface area contributed by atoms with E-state index in [4.69, 9.17) is 9.72 Å². The van der Waals surface area contributed by atoms with Crippen LogP contribution in [0.15, 0.2) is 12.1 Å². The molecule has 2 N–H and O–H groups in total. The van der Waals surface area contributed by atoms with E-state index in [2.05, 4.69) is 10.2 Å². The van der Waals surface area contributed by atoms with Crippen molar-refractivity contribution in [3.63, 3.8) is 0 Å². The number of nitrogens with one attached hydrogen (secondary N) is 1. The van der Waals surface area contributed by atoms with Gasteiger partial charge in [-0.1, -0.05) is 0 Å². The minimum Gasteiger partial charge on any atom is -0.390 e. The molecule has 1 unspecified atom stereocenters. The zero-order valence-corrected chi connectivity index (χ0v) is 16.3. The highest BCUT2D eigenvalue weighted by atomic mass is 16.5. The smallest absolute Gasteiger partial charge is 0.253 e. The number of hydrogen-bond acceptors (Lipinski definition) is 5. The molecule has 6 nitrogen and oxygen atoms in total. The van der Waals surface area contributed by atoms with Crippen LogP contribution in [0.25, 0.3) is 0 Å². The summed E-state index contributed by atoms with van der Waals surface area (Å²) in [6.07, 6.45) is 6.08. The van der Waals surface area contributed by atoms with Gasteiger partial charge in [0.2, 0.25) is 0 Å². The predicted octanol–water partition coefficient (Wildman–Crippen LogP) is 2.07. The number of anilines is 1. The van der Waals surface area contributed by atoms with Crippen molar-refractivity contribution in [2.24, 2.45) is 17.8 Å². The summed E-state index contributed by atoms with van der Waals surface area (Å²) in [7, 11) is 0. The molecule has 28 heavy (non-hydrogen) atoms. The van der Waals surface area contributed by atoms with Gasteiger partial charge in [-0.25, -0.2) is 4.98 Å². The highest BCUT2D eigenvalue weighted by molar-refractivity contribution is 5.96. The minimum atomic E-state index is -0.444. The highest BCUT2D eigenvalue weighted by Gasteiger charge is 2.60. The average molecular weight is 383 g/mol. The van der Waals surface area contributed by atoms with Gasteiger partial charge in [-0.15, -0.1) is 0 Å². The van der Waals surface area contributed by atoms with Crippen molar-refractivity contribution in [2.45, 2.75) is 56.1 Å².